The van der Waals surface area contributed by atoms with Gasteiger partial charge in [-0.2, -0.15) is 0 Å². The normalized spacial score (nSPS) is 12.6. The van der Waals surface area contributed by atoms with Gasteiger partial charge < -0.3 is 9.80 Å². The van der Waals surface area contributed by atoms with Crippen molar-refractivity contribution in [1.82, 2.24) is 0 Å². The Morgan fingerprint density at radius 1 is 0.292 bits per heavy atom. The molecular formula is C63H46N2. The lowest BCUT2D eigenvalue weighted by Gasteiger charge is -2.28. The highest BCUT2D eigenvalue weighted by atomic mass is 15.1. The van der Waals surface area contributed by atoms with Crippen LogP contribution in [-0.4, -0.2) is 0 Å². The Balaban J connectivity index is 0.987. The van der Waals surface area contributed by atoms with Gasteiger partial charge in [-0.25, -0.2) is 0 Å². The van der Waals surface area contributed by atoms with E-state index in [1.165, 1.54) is 76.8 Å². The summed E-state index contributed by atoms with van der Waals surface area (Å²) in [5, 5.41) is 7.58. The Morgan fingerprint density at radius 3 is 1.42 bits per heavy atom. The fourth-order valence-electron chi connectivity index (χ4n) is 10.6. The van der Waals surface area contributed by atoms with Crippen LogP contribution in [0, 0.1) is 0 Å². The van der Waals surface area contributed by atoms with Gasteiger partial charge in [0, 0.05) is 39.2 Å². The van der Waals surface area contributed by atoms with Gasteiger partial charge in [0.1, 0.15) is 0 Å². The Labute approximate surface area is 380 Å². The molecule has 0 spiro atoms. The number of anilines is 6. The maximum Gasteiger partial charge on any atom is 0.0540 e. The second-order valence-electron chi connectivity index (χ2n) is 17.7. The first kappa shape index (κ1) is 38.5. The fourth-order valence-corrected chi connectivity index (χ4v) is 10.6. The van der Waals surface area contributed by atoms with Gasteiger partial charge in [0.15, 0.2) is 0 Å². The molecule has 0 bridgehead atoms. The van der Waals surface area contributed by atoms with Gasteiger partial charge in [-0.05, 0) is 144 Å². The first-order valence-corrected chi connectivity index (χ1v) is 22.6. The molecule has 0 aliphatic heterocycles. The van der Waals surface area contributed by atoms with Crippen LogP contribution in [0.2, 0.25) is 0 Å². The number of hydrogen-bond donors (Lipinski definition) is 0. The lowest BCUT2D eigenvalue weighted by molar-refractivity contribution is 0.667. The molecule has 1 aliphatic carbocycles. The summed E-state index contributed by atoms with van der Waals surface area (Å²) in [6.07, 6.45) is 0. The molecule has 11 aromatic carbocycles. The monoisotopic (exact) mass is 830 g/mol. The summed E-state index contributed by atoms with van der Waals surface area (Å²) in [5.74, 6) is 0. The van der Waals surface area contributed by atoms with Crippen LogP contribution in [0.25, 0.3) is 65.7 Å². The second-order valence-corrected chi connectivity index (χ2v) is 17.7. The molecule has 0 radical (unpaired) electrons. The molecule has 65 heavy (non-hydrogen) atoms. The molecule has 0 N–H and O–H groups in total. The van der Waals surface area contributed by atoms with Crippen LogP contribution in [0.3, 0.4) is 0 Å². The molecule has 11 aromatic rings. The zero-order chi connectivity index (χ0) is 43.5. The van der Waals surface area contributed by atoms with E-state index in [9.17, 15) is 0 Å². The van der Waals surface area contributed by atoms with Crippen LogP contribution in [0.4, 0.5) is 34.1 Å². The van der Waals surface area contributed by atoms with Crippen molar-refractivity contribution in [2.45, 2.75) is 19.3 Å². The SMILES string of the molecule is CC1(C)c2cc(-c3ccc(N(c4ccccc4)c4ccc(-c5ccccc5)cc4)c4ccccc34)ccc2-c2c1c1ccc(N(c3ccccc3)c3ccccc3)cc1c1ccccc21. The van der Waals surface area contributed by atoms with Gasteiger partial charge in [0.05, 0.1) is 5.69 Å². The number of fused-ring (bicyclic) bond motifs is 9. The summed E-state index contributed by atoms with van der Waals surface area (Å²) in [6.45, 7) is 4.84. The van der Waals surface area contributed by atoms with E-state index in [2.05, 4.69) is 266 Å². The third-order valence-corrected chi connectivity index (χ3v) is 13.6. The van der Waals surface area contributed by atoms with Crippen molar-refractivity contribution >= 4 is 66.4 Å². The van der Waals surface area contributed by atoms with E-state index < -0.39 is 0 Å². The van der Waals surface area contributed by atoms with E-state index in [1.54, 1.807) is 0 Å². The van der Waals surface area contributed by atoms with Crippen LogP contribution >= 0.6 is 0 Å². The van der Waals surface area contributed by atoms with Crippen LogP contribution in [-0.2, 0) is 5.41 Å². The minimum atomic E-state index is -0.255. The van der Waals surface area contributed by atoms with Gasteiger partial charge >= 0.3 is 0 Å². The Kier molecular flexibility index (Phi) is 9.21. The highest BCUT2D eigenvalue weighted by Gasteiger charge is 2.39. The first-order valence-electron chi connectivity index (χ1n) is 22.6. The molecule has 2 heteroatoms. The fraction of sp³-hybridized carbons (Fsp3) is 0.0476. The van der Waals surface area contributed by atoms with E-state index in [0.29, 0.717) is 0 Å². The molecule has 0 amide bonds. The van der Waals surface area contributed by atoms with E-state index in [1.807, 2.05) is 0 Å². The van der Waals surface area contributed by atoms with Gasteiger partial charge in [-0.3, -0.25) is 0 Å². The quantitative estimate of drug-likeness (QED) is 0.141. The number of nitrogens with zero attached hydrogens (tertiary/aromatic N) is 2. The lowest BCUT2D eigenvalue weighted by atomic mass is 9.78. The Morgan fingerprint density at radius 2 is 0.769 bits per heavy atom. The van der Waals surface area contributed by atoms with E-state index in [4.69, 9.17) is 0 Å². The average Bonchev–Trinajstić information content (AvgIpc) is 3.61. The van der Waals surface area contributed by atoms with Gasteiger partial charge in [0.25, 0.3) is 0 Å². The summed E-state index contributed by atoms with van der Waals surface area (Å²) in [4.78, 5) is 4.76. The summed E-state index contributed by atoms with van der Waals surface area (Å²) in [7, 11) is 0. The van der Waals surface area contributed by atoms with E-state index in [0.717, 1.165) is 34.1 Å². The molecule has 2 nitrogen and oxygen atoms in total. The molecule has 0 unspecified atom stereocenters. The zero-order valence-electron chi connectivity index (χ0n) is 36.5. The number of para-hydroxylation sites is 3. The minimum absolute atomic E-state index is 0.255. The topological polar surface area (TPSA) is 6.48 Å². The van der Waals surface area contributed by atoms with Crippen molar-refractivity contribution in [2.24, 2.45) is 0 Å². The summed E-state index contributed by atoms with van der Waals surface area (Å²) >= 11 is 0. The third kappa shape index (κ3) is 6.40. The van der Waals surface area contributed by atoms with E-state index >= 15 is 0 Å². The second kappa shape index (κ2) is 15.6. The van der Waals surface area contributed by atoms with Crippen molar-refractivity contribution in [2.75, 3.05) is 9.80 Å². The molecule has 0 saturated heterocycles. The Bertz CT molecular complexity index is 3500. The average molecular weight is 831 g/mol. The predicted molar refractivity (Wildman–Crippen MR) is 277 cm³/mol. The Hall–Kier alpha value is -8.20. The van der Waals surface area contributed by atoms with Crippen LogP contribution in [0.1, 0.15) is 25.0 Å². The molecule has 0 saturated carbocycles. The van der Waals surface area contributed by atoms with Crippen LogP contribution in [0.15, 0.2) is 243 Å². The van der Waals surface area contributed by atoms with E-state index in [-0.39, 0.29) is 5.41 Å². The van der Waals surface area contributed by atoms with Crippen molar-refractivity contribution in [3.05, 3.63) is 254 Å². The smallest absolute Gasteiger partial charge is 0.0540 e. The molecular weight excluding hydrogens is 785 g/mol. The molecule has 0 fully saturated rings. The molecule has 0 aromatic heterocycles. The van der Waals surface area contributed by atoms with Crippen LogP contribution < -0.4 is 9.80 Å². The molecule has 0 atom stereocenters. The summed E-state index contributed by atoms with van der Waals surface area (Å²) in [6, 6.07) is 88.6. The molecule has 12 rings (SSSR count). The first-order chi connectivity index (χ1) is 32.0. The molecule has 0 heterocycles. The number of hydrogen-bond acceptors (Lipinski definition) is 2. The van der Waals surface area contributed by atoms with Gasteiger partial charge in [-0.15, -0.1) is 0 Å². The standard InChI is InChI=1S/C63H46N2/c1-63(2)59-41-45(51-39-40-60(54-29-17-15-27-52(51)54)65(48-25-13-6-14-26-48)49-34-31-44(32-35-49)43-19-7-3-8-20-43)33-37-57(59)61-55-30-18-16-28-53(55)58-42-50(36-38-56(58)62(61)63)64(46-21-9-4-10-22-46)47-23-11-5-12-24-47/h3-42H,1-2H3. The molecule has 1 aliphatic rings. The number of benzene rings is 11. The summed E-state index contributed by atoms with van der Waals surface area (Å²) < 4.78 is 0. The lowest BCUT2D eigenvalue weighted by Crippen LogP contribution is -2.16. The highest BCUT2D eigenvalue weighted by Crippen LogP contribution is 2.56. The third-order valence-electron chi connectivity index (χ3n) is 13.6. The highest BCUT2D eigenvalue weighted by molar-refractivity contribution is 6.19. The van der Waals surface area contributed by atoms with Gasteiger partial charge in [-0.1, -0.05) is 184 Å². The maximum absolute atomic E-state index is 2.48. The van der Waals surface area contributed by atoms with Crippen molar-refractivity contribution in [3.8, 4) is 33.4 Å². The summed E-state index contributed by atoms with van der Waals surface area (Å²) in [5.41, 5.74) is 16.8. The van der Waals surface area contributed by atoms with Crippen LogP contribution in [0.5, 0.6) is 0 Å². The van der Waals surface area contributed by atoms with Gasteiger partial charge in [0.2, 0.25) is 0 Å². The molecule has 308 valence electrons. The number of rotatable bonds is 8. The predicted octanol–water partition coefficient (Wildman–Crippen LogP) is 17.7. The largest absolute Gasteiger partial charge is 0.310 e. The van der Waals surface area contributed by atoms with Crippen molar-refractivity contribution in [1.29, 1.82) is 0 Å². The van der Waals surface area contributed by atoms with Crippen molar-refractivity contribution in [3.63, 3.8) is 0 Å². The zero-order valence-corrected chi connectivity index (χ0v) is 36.5. The minimum Gasteiger partial charge on any atom is -0.310 e. The van der Waals surface area contributed by atoms with Crippen molar-refractivity contribution < 1.29 is 0 Å². The maximum atomic E-state index is 2.48.